The number of thioether (sulfide) groups is 2. The van der Waals surface area contributed by atoms with Gasteiger partial charge < -0.3 is 4.90 Å². The predicted molar refractivity (Wildman–Crippen MR) is 115 cm³/mol. The smallest absolute Gasteiger partial charge is 0.266 e. The number of benzene rings is 2. The number of likely N-dealkylation sites (N-methyl/N-ethyl adjacent to an activating group) is 1. The third-order valence-electron chi connectivity index (χ3n) is 4.12. The third-order valence-corrected chi connectivity index (χ3v) is 6.61. The van der Waals surface area contributed by atoms with Crippen LogP contribution in [0.15, 0.2) is 81.6 Å². The van der Waals surface area contributed by atoms with E-state index in [4.69, 9.17) is 12.2 Å². The van der Waals surface area contributed by atoms with E-state index in [1.807, 2.05) is 49.4 Å². The van der Waals surface area contributed by atoms with Crippen molar-refractivity contribution in [2.24, 2.45) is 0 Å². The lowest BCUT2D eigenvalue weighted by molar-refractivity contribution is -0.122. The molecular formula is C20H16N2OS3. The van der Waals surface area contributed by atoms with Crippen molar-refractivity contribution in [3.63, 3.8) is 0 Å². The molecule has 0 N–H and O–H groups in total. The van der Waals surface area contributed by atoms with Gasteiger partial charge >= 0.3 is 0 Å². The summed E-state index contributed by atoms with van der Waals surface area (Å²) in [6, 6.07) is 18.6. The van der Waals surface area contributed by atoms with Crippen molar-refractivity contribution in [1.29, 1.82) is 0 Å². The van der Waals surface area contributed by atoms with Crippen molar-refractivity contribution in [3.05, 3.63) is 76.7 Å². The van der Waals surface area contributed by atoms with E-state index in [1.54, 1.807) is 16.7 Å². The van der Waals surface area contributed by atoms with Gasteiger partial charge in [-0.2, -0.15) is 0 Å². The Morgan fingerprint density at radius 1 is 1.00 bits per heavy atom. The van der Waals surface area contributed by atoms with E-state index < -0.39 is 0 Å². The Hall–Kier alpha value is -2.02. The van der Waals surface area contributed by atoms with Crippen LogP contribution in [0.5, 0.6) is 0 Å². The van der Waals surface area contributed by atoms with E-state index in [0.29, 0.717) is 15.8 Å². The molecule has 26 heavy (non-hydrogen) atoms. The van der Waals surface area contributed by atoms with E-state index >= 15 is 0 Å². The van der Waals surface area contributed by atoms with Crippen molar-refractivity contribution in [2.45, 2.75) is 11.8 Å². The lowest BCUT2D eigenvalue weighted by Crippen LogP contribution is -2.27. The fourth-order valence-electron chi connectivity index (χ4n) is 2.89. The molecule has 2 heterocycles. The highest BCUT2D eigenvalue weighted by atomic mass is 32.2. The molecule has 0 atom stereocenters. The molecule has 1 fully saturated rings. The van der Waals surface area contributed by atoms with Gasteiger partial charge in [-0.15, -0.1) is 0 Å². The largest absolute Gasteiger partial charge is 0.303 e. The van der Waals surface area contributed by atoms with Crippen molar-refractivity contribution < 1.29 is 4.79 Å². The molecule has 0 unspecified atom stereocenters. The van der Waals surface area contributed by atoms with E-state index in [0.717, 1.165) is 16.4 Å². The van der Waals surface area contributed by atoms with Gasteiger partial charge in [0.15, 0.2) is 0 Å². The number of carbonyl (C=O) groups excluding carboxylic acids is 1. The first-order valence-corrected chi connectivity index (χ1v) is 10.3. The van der Waals surface area contributed by atoms with Gasteiger partial charge in [-0.25, -0.2) is 0 Å². The second-order valence-corrected chi connectivity index (χ2v) is 8.43. The topological polar surface area (TPSA) is 23.6 Å². The molecule has 2 aliphatic rings. The Morgan fingerprint density at radius 3 is 2.46 bits per heavy atom. The van der Waals surface area contributed by atoms with Gasteiger partial charge in [-0.3, -0.25) is 9.69 Å². The van der Waals surface area contributed by atoms with Crippen molar-refractivity contribution in [1.82, 2.24) is 4.90 Å². The number of anilines is 2. The Labute approximate surface area is 166 Å². The van der Waals surface area contributed by atoms with Gasteiger partial charge in [-0.05, 0) is 43.3 Å². The average molecular weight is 397 g/mol. The zero-order chi connectivity index (χ0) is 18.1. The van der Waals surface area contributed by atoms with Gasteiger partial charge in [-0.1, -0.05) is 66.1 Å². The second-order valence-electron chi connectivity index (χ2n) is 5.69. The normalized spacial score (nSPS) is 19.7. The molecule has 6 heteroatoms. The lowest BCUT2D eigenvalue weighted by Gasteiger charge is -2.20. The maximum Gasteiger partial charge on any atom is 0.266 e. The minimum absolute atomic E-state index is 0.00822. The van der Waals surface area contributed by atoms with E-state index in [1.165, 1.54) is 16.7 Å². The molecule has 0 bridgehead atoms. The van der Waals surface area contributed by atoms with Crippen LogP contribution < -0.4 is 4.90 Å². The summed E-state index contributed by atoms with van der Waals surface area (Å²) in [6.45, 7) is 2.54. The number of nitrogens with zero attached hydrogens (tertiary/aromatic N) is 2. The highest BCUT2D eigenvalue weighted by molar-refractivity contribution is 8.26. The maximum atomic E-state index is 12.4. The summed E-state index contributed by atoms with van der Waals surface area (Å²) in [5.41, 5.74) is 2.26. The third kappa shape index (κ3) is 3.09. The molecule has 130 valence electrons. The number of hydrogen-bond acceptors (Lipinski definition) is 5. The lowest BCUT2D eigenvalue weighted by atomic mass is 10.2. The van der Waals surface area contributed by atoms with E-state index in [2.05, 4.69) is 29.2 Å². The molecule has 2 aliphatic heterocycles. The minimum atomic E-state index is -0.00822. The van der Waals surface area contributed by atoms with Crippen LogP contribution in [0.25, 0.3) is 0 Å². The quantitative estimate of drug-likeness (QED) is 0.501. The number of thiocarbonyl (C=S) groups is 1. The number of fused-ring (bicyclic) bond motifs is 1. The summed E-state index contributed by atoms with van der Waals surface area (Å²) in [5.74, 6) is -0.00822. The molecule has 0 spiro atoms. The average Bonchev–Trinajstić information content (AvgIpc) is 3.17. The van der Waals surface area contributed by atoms with Crippen LogP contribution in [-0.4, -0.2) is 21.7 Å². The Balaban J connectivity index is 1.72. The summed E-state index contributed by atoms with van der Waals surface area (Å²) in [4.78, 5) is 18.2. The van der Waals surface area contributed by atoms with Gasteiger partial charge in [0.1, 0.15) is 4.32 Å². The second kappa shape index (κ2) is 7.31. The van der Waals surface area contributed by atoms with Crippen LogP contribution in [0.1, 0.15) is 6.92 Å². The van der Waals surface area contributed by atoms with Crippen LogP contribution in [0, 0.1) is 0 Å². The molecule has 0 aromatic heterocycles. The van der Waals surface area contributed by atoms with Gasteiger partial charge in [0, 0.05) is 17.1 Å². The van der Waals surface area contributed by atoms with Gasteiger partial charge in [0.25, 0.3) is 5.91 Å². The van der Waals surface area contributed by atoms with Crippen molar-refractivity contribution in [3.8, 4) is 0 Å². The van der Waals surface area contributed by atoms with Gasteiger partial charge in [0.05, 0.1) is 15.6 Å². The van der Waals surface area contributed by atoms with Crippen LogP contribution in [0.4, 0.5) is 11.4 Å². The number of para-hydroxylation sites is 2. The summed E-state index contributed by atoms with van der Waals surface area (Å²) >= 11 is 8.36. The number of rotatable bonds is 3. The maximum absolute atomic E-state index is 12.4. The van der Waals surface area contributed by atoms with Crippen LogP contribution in [0.3, 0.4) is 0 Å². The number of amides is 1. The zero-order valence-corrected chi connectivity index (χ0v) is 16.5. The van der Waals surface area contributed by atoms with E-state index in [-0.39, 0.29) is 5.91 Å². The highest BCUT2D eigenvalue weighted by Gasteiger charge is 2.31. The molecule has 0 radical (unpaired) electrons. The summed E-state index contributed by atoms with van der Waals surface area (Å²) in [5, 5.41) is 1.07. The first-order valence-electron chi connectivity index (χ1n) is 8.26. The molecule has 1 saturated heterocycles. The van der Waals surface area contributed by atoms with Crippen molar-refractivity contribution >= 4 is 57.3 Å². The zero-order valence-electron chi connectivity index (χ0n) is 14.1. The fraction of sp³-hybridized carbons (Fsp3) is 0.100. The van der Waals surface area contributed by atoms with Crippen LogP contribution in [0.2, 0.25) is 0 Å². The fourth-order valence-corrected chi connectivity index (χ4v) is 5.28. The molecule has 0 aliphatic carbocycles. The summed E-state index contributed by atoms with van der Waals surface area (Å²) in [7, 11) is 0. The number of hydrogen-bond donors (Lipinski definition) is 0. The minimum Gasteiger partial charge on any atom is -0.303 e. The molecule has 4 rings (SSSR count). The van der Waals surface area contributed by atoms with Gasteiger partial charge in [0.2, 0.25) is 0 Å². The Kier molecular flexibility index (Phi) is 4.89. The monoisotopic (exact) mass is 396 g/mol. The molecule has 0 saturated carbocycles. The Morgan fingerprint density at radius 2 is 1.73 bits per heavy atom. The first kappa shape index (κ1) is 17.4. The number of carbonyl (C=O) groups is 1. The Bertz CT molecular complexity index is 937. The highest BCUT2D eigenvalue weighted by Crippen LogP contribution is 2.49. The van der Waals surface area contributed by atoms with Crippen molar-refractivity contribution in [2.75, 3.05) is 11.4 Å². The molecule has 2 aromatic carbocycles. The molecule has 2 aromatic rings. The summed E-state index contributed by atoms with van der Waals surface area (Å²) < 4.78 is 0.629. The predicted octanol–water partition coefficient (Wildman–Crippen LogP) is 5.54. The first-order chi connectivity index (χ1) is 12.7. The SMILES string of the molecule is CCN1C(=O)C(=CC=C2Sc3ccccc3N2c2ccccc2)SC1=S. The molecule has 1 amide bonds. The summed E-state index contributed by atoms with van der Waals surface area (Å²) in [6.07, 6.45) is 3.90. The van der Waals surface area contributed by atoms with E-state index in [9.17, 15) is 4.79 Å². The number of allylic oxidation sites excluding steroid dienone is 2. The van der Waals surface area contributed by atoms with Crippen LogP contribution in [-0.2, 0) is 4.79 Å². The molecule has 3 nitrogen and oxygen atoms in total. The van der Waals surface area contributed by atoms with Crippen LogP contribution >= 0.6 is 35.7 Å². The molecular weight excluding hydrogens is 380 g/mol. The standard InChI is InChI=1S/C20H16N2OS3/c1-2-21-19(23)17(26-20(21)24)12-13-18-22(14-8-4-3-5-9-14)15-10-6-7-11-16(15)25-18/h3-13H,2H2,1H3.